The molecule has 94 valence electrons. The molecule has 0 radical (unpaired) electrons. The molecule has 1 aromatic heterocycles. The Balaban J connectivity index is 2.67. The number of pyridine rings is 1. The fourth-order valence-electron chi connectivity index (χ4n) is 1.76. The van der Waals surface area contributed by atoms with Gasteiger partial charge in [-0.2, -0.15) is 0 Å². The number of aromatic nitrogens is 1. The fourth-order valence-corrected chi connectivity index (χ4v) is 2.90. The van der Waals surface area contributed by atoms with Gasteiger partial charge >= 0.3 is 5.97 Å². The van der Waals surface area contributed by atoms with Gasteiger partial charge in [0, 0.05) is 20.5 Å². The minimum Gasteiger partial charge on any atom is -0.462 e. The van der Waals surface area contributed by atoms with E-state index in [0.29, 0.717) is 12.2 Å². The summed E-state index contributed by atoms with van der Waals surface area (Å²) in [6.07, 6.45) is 1.55. The molecule has 1 heterocycles. The highest BCUT2D eigenvalue weighted by Crippen LogP contribution is 2.31. The van der Waals surface area contributed by atoms with Crippen LogP contribution in [0.2, 0.25) is 0 Å². The lowest BCUT2D eigenvalue weighted by Crippen LogP contribution is -2.06. The van der Waals surface area contributed by atoms with Gasteiger partial charge in [-0.15, -0.1) is 0 Å². The summed E-state index contributed by atoms with van der Waals surface area (Å²) in [5, 5.41) is 0.896. The minimum absolute atomic E-state index is 0.348. The van der Waals surface area contributed by atoms with Gasteiger partial charge in [0.25, 0.3) is 0 Å². The largest absolute Gasteiger partial charge is 0.462 e. The molecule has 1 aromatic carbocycles. The van der Waals surface area contributed by atoms with E-state index in [9.17, 15) is 4.79 Å². The monoisotopic (exact) mass is 371 g/mol. The third-order valence-electron chi connectivity index (χ3n) is 2.56. The average molecular weight is 373 g/mol. The van der Waals surface area contributed by atoms with Crippen molar-refractivity contribution in [1.82, 2.24) is 4.98 Å². The number of nitrogens with zero attached hydrogens (tertiary/aromatic N) is 1. The Labute approximate surface area is 122 Å². The third kappa shape index (κ3) is 2.42. The van der Waals surface area contributed by atoms with Gasteiger partial charge in [-0.25, -0.2) is 4.79 Å². The van der Waals surface area contributed by atoms with Gasteiger partial charge in [0.05, 0.1) is 17.7 Å². The molecule has 0 N–H and O–H groups in total. The van der Waals surface area contributed by atoms with Crippen LogP contribution in [0.1, 0.15) is 22.8 Å². The van der Waals surface area contributed by atoms with E-state index in [2.05, 4.69) is 36.8 Å². The van der Waals surface area contributed by atoms with E-state index < -0.39 is 0 Å². The molecule has 0 saturated heterocycles. The van der Waals surface area contributed by atoms with Gasteiger partial charge < -0.3 is 4.74 Å². The average Bonchev–Trinajstić information content (AvgIpc) is 2.30. The standard InChI is InChI=1S/C13H11Br2NO2/c1-3-18-13(17)10-6-16-12-7(2)4-8(14)5-9(12)11(10)15/h4-6H,3H2,1-2H3. The SMILES string of the molecule is CCOC(=O)c1cnc2c(C)cc(Br)cc2c1Br. The summed E-state index contributed by atoms with van der Waals surface area (Å²) in [6.45, 7) is 4.11. The first-order valence-corrected chi connectivity index (χ1v) is 7.04. The number of hydrogen-bond acceptors (Lipinski definition) is 3. The normalized spacial score (nSPS) is 10.7. The molecule has 0 amide bonds. The van der Waals surface area contributed by atoms with E-state index in [1.54, 1.807) is 13.1 Å². The third-order valence-corrected chi connectivity index (χ3v) is 3.87. The van der Waals surface area contributed by atoms with Gasteiger partial charge in [0.1, 0.15) is 0 Å². The zero-order valence-corrected chi connectivity index (χ0v) is 13.1. The van der Waals surface area contributed by atoms with Crippen molar-refractivity contribution < 1.29 is 9.53 Å². The smallest absolute Gasteiger partial charge is 0.340 e. The number of halogens is 2. The molecule has 5 heteroatoms. The Kier molecular flexibility index (Phi) is 4.02. The Bertz CT molecular complexity index is 626. The van der Waals surface area contributed by atoms with Crippen LogP contribution in [0, 0.1) is 6.92 Å². The highest BCUT2D eigenvalue weighted by atomic mass is 79.9. The minimum atomic E-state index is -0.364. The second-order valence-corrected chi connectivity index (χ2v) is 5.53. The number of aryl methyl sites for hydroxylation is 1. The Hall–Kier alpha value is -0.940. The lowest BCUT2D eigenvalue weighted by Gasteiger charge is -2.09. The van der Waals surface area contributed by atoms with E-state index >= 15 is 0 Å². The molecule has 2 aromatic rings. The summed E-state index contributed by atoms with van der Waals surface area (Å²) in [7, 11) is 0. The maximum absolute atomic E-state index is 11.8. The van der Waals surface area contributed by atoms with Crippen LogP contribution in [0.4, 0.5) is 0 Å². The number of carbonyl (C=O) groups is 1. The first-order valence-electron chi connectivity index (χ1n) is 5.46. The van der Waals surface area contributed by atoms with Crippen LogP contribution in [-0.4, -0.2) is 17.6 Å². The summed E-state index contributed by atoms with van der Waals surface area (Å²) >= 11 is 6.90. The lowest BCUT2D eigenvalue weighted by atomic mass is 10.1. The molecular weight excluding hydrogens is 362 g/mol. The summed E-state index contributed by atoms with van der Waals surface area (Å²) in [5.74, 6) is -0.364. The maximum atomic E-state index is 11.8. The van der Waals surface area contributed by atoms with Crippen molar-refractivity contribution in [2.45, 2.75) is 13.8 Å². The van der Waals surface area contributed by atoms with Crippen molar-refractivity contribution in [3.63, 3.8) is 0 Å². The van der Waals surface area contributed by atoms with Gasteiger partial charge in [-0.05, 0) is 47.5 Å². The van der Waals surface area contributed by atoms with Crippen molar-refractivity contribution in [2.75, 3.05) is 6.61 Å². The topological polar surface area (TPSA) is 39.2 Å². The molecular formula is C13H11Br2NO2. The molecule has 0 atom stereocenters. The van der Waals surface area contributed by atoms with Crippen LogP contribution < -0.4 is 0 Å². The van der Waals surface area contributed by atoms with Crippen molar-refractivity contribution in [3.8, 4) is 0 Å². The van der Waals surface area contributed by atoms with E-state index in [1.807, 2.05) is 19.1 Å². The highest BCUT2D eigenvalue weighted by Gasteiger charge is 2.15. The van der Waals surface area contributed by atoms with Crippen molar-refractivity contribution in [3.05, 3.63) is 38.4 Å². The van der Waals surface area contributed by atoms with E-state index in [1.165, 1.54) is 0 Å². The zero-order valence-electron chi connectivity index (χ0n) is 9.96. The molecule has 0 unspecified atom stereocenters. The van der Waals surface area contributed by atoms with E-state index in [-0.39, 0.29) is 5.97 Å². The molecule has 0 aliphatic heterocycles. The quantitative estimate of drug-likeness (QED) is 0.740. The summed E-state index contributed by atoms with van der Waals surface area (Å²) in [4.78, 5) is 16.1. The van der Waals surface area contributed by atoms with Crippen LogP contribution >= 0.6 is 31.9 Å². The number of benzene rings is 1. The molecule has 0 aliphatic carbocycles. The van der Waals surface area contributed by atoms with Crippen LogP contribution in [0.15, 0.2) is 27.3 Å². The van der Waals surface area contributed by atoms with Crippen molar-refractivity contribution in [2.24, 2.45) is 0 Å². The molecule has 0 fully saturated rings. The zero-order chi connectivity index (χ0) is 13.3. The van der Waals surface area contributed by atoms with Gasteiger partial charge in [-0.3, -0.25) is 4.98 Å². The molecule has 3 nitrogen and oxygen atoms in total. The fraction of sp³-hybridized carbons (Fsp3) is 0.231. The van der Waals surface area contributed by atoms with Crippen molar-refractivity contribution in [1.29, 1.82) is 0 Å². The first kappa shape index (κ1) is 13.5. The lowest BCUT2D eigenvalue weighted by molar-refractivity contribution is 0.0525. The molecule has 18 heavy (non-hydrogen) atoms. The second-order valence-electron chi connectivity index (χ2n) is 3.83. The molecule has 0 aliphatic rings. The number of rotatable bonds is 2. The molecule has 0 spiro atoms. The van der Waals surface area contributed by atoms with Gasteiger partial charge in [-0.1, -0.05) is 15.9 Å². The van der Waals surface area contributed by atoms with Crippen LogP contribution in [0.25, 0.3) is 10.9 Å². The summed E-state index contributed by atoms with van der Waals surface area (Å²) in [5.41, 5.74) is 2.37. The maximum Gasteiger partial charge on any atom is 0.340 e. The molecule has 0 bridgehead atoms. The highest BCUT2D eigenvalue weighted by molar-refractivity contribution is 9.11. The Morgan fingerprint density at radius 2 is 2.11 bits per heavy atom. The number of carbonyl (C=O) groups excluding carboxylic acids is 1. The van der Waals surface area contributed by atoms with E-state index in [4.69, 9.17) is 4.74 Å². The number of fused-ring (bicyclic) bond motifs is 1. The van der Waals surface area contributed by atoms with Gasteiger partial charge in [0.15, 0.2) is 0 Å². The molecule has 0 saturated carbocycles. The number of hydrogen-bond donors (Lipinski definition) is 0. The predicted molar refractivity (Wildman–Crippen MR) is 77.8 cm³/mol. The van der Waals surface area contributed by atoms with Crippen LogP contribution in [0.5, 0.6) is 0 Å². The number of ether oxygens (including phenoxy) is 1. The van der Waals surface area contributed by atoms with Crippen molar-refractivity contribution >= 4 is 48.7 Å². The first-order chi connectivity index (χ1) is 8.54. The summed E-state index contributed by atoms with van der Waals surface area (Å²) in [6, 6.07) is 3.92. The summed E-state index contributed by atoms with van der Waals surface area (Å²) < 4.78 is 6.67. The second kappa shape index (κ2) is 5.36. The van der Waals surface area contributed by atoms with Gasteiger partial charge in [0.2, 0.25) is 0 Å². The number of esters is 1. The molecule has 2 rings (SSSR count). The Morgan fingerprint density at radius 3 is 2.78 bits per heavy atom. The van der Waals surface area contributed by atoms with Crippen LogP contribution in [-0.2, 0) is 4.74 Å². The van der Waals surface area contributed by atoms with E-state index in [0.717, 1.165) is 25.4 Å². The van der Waals surface area contributed by atoms with Crippen LogP contribution in [0.3, 0.4) is 0 Å². The Morgan fingerprint density at radius 1 is 1.39 bits per heavy atom. The predicted octanol–water partition coefficient (Wildman–Crippen LogP) is 4.24.